The van der Waals surface area contributed by atoms with E-state index < -0.39 is 0 Å². The van der Waals surface area contributed by atoms with Gasteiger partial charge in [0.1, 0.15) is 0 Å². The summed E-state index contributed by atoms with van der Waals surface area (Å²) in [6.07, 6.45) is 1.01. The zero-order valence-electron chi connectivity index (χ0n) is 11.7. The third-order valence-corrected chi connectivity index (χ3v) is 2.96. The summed E-state index contributed by atoms with van der Waals surface area (Å²) < 4.78 is 0. The molecular weight excluding hydrogens is 262 g/mol. The number of nitrogens with one attached hydrogen (secondary N) is 2. The predicted molar refractivity (Wildman–Crippen MR) is 80.7 cm³/mol. The van der Waals surface area contributed by atoms with Gasteiger partial charge in [-0.1, -0.05) is 17.7 Å². The van der Waals surface area contributed by atoms with Crippen molar-refractivity contribution in [2.45, 2.75) is 19.4 Å². The van der Waals surface area contributed by atoms with E-state index in [0.29, 0.717) is 17.6 Å². The molecule has 0 aliphatic carbocycles. The standard InChI is InChI=1S/C14H22ClN3O/c1-11(7-8-18(2)3)16-10-14(19)17-13-6-4-5-12(15)9-13/h4-6,9,11,16H,7-8,10H2,1-3H3,(H,17,19). The molecule has 0 radical (unpaired) electrons. The maximum Gasteiger partial charge on any atom is 0.238 e. The van der Waals surface area contributed by atoms with Gasteiger partial charge in [0.2, 0.25) is 5.91 Å². The number of nitrogens with zero attached hydrogens (tertiary/aromatic N) is 1. The van der Waals surface area contributed by atoms with Crippen LogP contribution in [0.5, 0.6) is 0 Å². The lowest BCUT2D eigenvalue weighted by Crippen LogP contribution is -2.36. The number of halogens is 1. The van der Waals surface area contributed by atoms with Gasteiger partial charge in [0.05, 0.1) is 6.54 Å². The van der Waals surface area contributed by atoms with Gasteiger partial charge in [0.25, 0.3) is 0 Å². The molecule has 0 heterocycles. The van der Waals surface area contributed by atoms with Gasteiger partial charge in [-0.3, -0.25) is 4.79 Å². The van der Waals surface area contributed by atoms with E-state index in [0.717, 1.165) is 18.7 Å². The van der Waals surface area contributed by atoms with Crippen LogP contribution in [0.15, 0.2) is 24.3 Å². The average molecular weight is 284 g/mol. The lowest BCUT2D eigenvalue weighted by Gasteiger charge is -2.16. The highest BCUT2D eigenvalue weighted by Crippen LogP contribution is 2.14. The van der Waals surface area contributed by atoms with Crippen LogP contribution >= 0.6 is 11.6 Å². The highest BCUT2D eigenvalue weighted by atomic mass is 35.5. The fraction of sp³-hybridized carbons (Fsp3) is 0.500. The minimum atomic E-state index is -0.0565. The third-order valence-electron chi connectivity index (χ3n) is 2.73. The quantitative estimate of drug-likeness (QED) is 0.806. The lowest BCUT2D eigenvalue weighted by molar-refractivity contribution is -0.115. The molecule has 0 aliphatic rings. The molecule has 1 aromatic rings. The van der Waals surface area contributed by atoms with Crippen LogP contribution in [0.3, 0.4) is 0 Å². The van der Waals surface area contributed by atoms with Crippen LogP contribution in [0, 0.1) is 0 Å². The SMILES string of the molecule is CC(CCN(C)C)NCC(=O)Nc1cccc(Cl)c1. The summed E-state index contributed by atoms with van der Waals surface area (Å²) in [4.78, 5) is 13.9. The second-order valence-electron chi connectivity index (χ2n) is 4.93. The number of carbonyl (C=O) groups is 1. The molecule has 0 bridgehead atoms. The van der Waals surface area contributed by atoms with Crippen molar-refractivity contribution in [2.75, 3.05) is 32.5 Å². The first-order valence-electron chi connectivity index (χ1n) is 6.41. The predicted octanol–water partition coefficient (Wildman–Crippen LogP) is 2.21. The number of amides is 1. The number of carbonyl (C=O) groups excluding carboxylic acids is 1. The van der Waals surface area contributed by atoms with Crippen LogP contribution in [-0.2, 0) is 4.79 Å². The summed E-state index contributed by atoms with van der Waals surface area (Å²) in [6.45, 7) is 3.39. The number of benzene rings is 1. The highest BCUT2D eigenvalue weighted by Gasteiger charge is 2.06. The fourth-order valence-corrected chi connectivity index (χ4v) is 1.78. The van der Waals surface area contributed by atoms with E-state index in [9.17, 15) is 4.79 Å². The molecule has 0 fully saturated rings. The molecule has 1 unspecified atom stereocenters. The maximum absolute atomic E-state index is 11.7. The van der Waals surface area contributed by atoms with Crippen LogP contribution in [0.25, 0.3) is 0 Å². The van der Waals surface area contributed by atoms with Gasteiger partial charge < -0.3 is 15.5 Å². The van der Waals surface area contributed by atoms with Crippen molar-refractivity contribution < 1.29 is 4.79 Å². The average Bonchev–Trinajstić information content (AvgIpc) is 2.34. The Morgan fingerprint density at radius 3 is 2.79 bits per heavy atom. The van der Waals surface area contributed by atoms with Crippen molar-refractivity contribution in [3.63, 3.8) is 0 Å². The summed E-state index contributed by atoms with van der Waals surface area (Å²) in [7, 11) is 4.08. The molecule has 19 heavy (non-hydrogen) atoms. The van der Waals surface area contributed by atoms with E-state index in [4.69, 9.17) is 11.6 Å². The van der Waals surface area contributed by atoms with Crippen LogP contribution in [-0.4, -0.2) is 44.0 Å². The van der Waals surface area contributed by atoms with E-state index in [1.807, 2.05) is 26.2 Å². The molecule has 5 heteroatoms. The van der Waals surface area contributed by atoms with Crippen LogP contribution < -0.4 is 10.6 Å². The molecule has 1 rings (SSSR count). The van der Waals surface area contributed by atoms with Crippen molar-refractivity contribution in [1.29, 1.82) is 0 Å². The Bertz CT molecular complexity index is 409. The molecule has 0 aliphatic heterocycles. The molecule has 0 aromatic heterocycles. The van der Waals surface area contributed by atoms with Crippen LogP contribution in [0.2, 0.25) is 5.02 Å². The van der Waals surface area contributed by atoms with Crippen molar-refractivity contribution in [2.24, 2.45) is 0 Å². The molecule has 106 valence electrons. The van der Waals surface area contributed by atoms with Crippen molar-refractivity contribution in [3.05, 3.63) is 29.3 Å². The molecular formula is C14H22ClN3O. The Balaban J connectivity index is 2.28. The molecule has 2 N–H and O–H groups in total. The fourth-order valence-electron chi connectivity index (χ4n) is 1.59. The topological polar surface area (TPSA) is 44.4 Å². The number of anilines is 1. The summed E-state index contributed by atoms with van der Waals surface area (Å²) >= 11 is 5.86. The third kappa shape index (κ3) is 7.15. The van der Waals surface area contributed by atoms with Gasteiger partial charge in [-0.25, -0.2) is 0 Å². The van der Waals surface area contributed by atoms with Crippen LogP contribution in [0.1, 0.15) is 13.3 Å². The van der Waals surface area contributed by atoms with Crippen molar-refractivity contribution in [3.8, 4) is 0 Å². The number of hydrogen-bond donors (Lipinski definition) is 2. The van der Waals surface area contributed by atoms with Crippen molar-refractivity contribution >= 4 is 23.2 Å². The molecule has 4 nitrogen and oxygen atoms in total. The second-order valence-corrected chi connectivity index (χ2v) is 5.37. The molecule has 1 amide bonds. The van der Waals surface area contributed by atoms with Gasteiger partial charge in [-0.2, -0.15) is 0 Å². The van der Waals surface area contributed by atoms with Gasteiger partial charge in [-0.15, -0.1) is 0 Å². The molecule has 0 saturated heterocycles. The van der Waals surface area contributed by atoms with Gasteiger partial charge in [0, 0.05) is 16.8 Å². The molecule has 1 aromatic carbocycles. The summed E-state index contributed by atoms with van der Waals surface area (Å²) in [5.41, 5.74) is 0.722. The Hall–Kier alpha value is -1.10. The van der Waals surface area contributed by atoms with E-state index in [1.54, 1.807) is 12.1 Å². The van der Waals surface area contributed by atoms with Gasteiger partial charge >= 0.3 is 0 Å². The first kappa shape index (κ1) is 16.0. The molecule has 1 atom stereocenters. The molecule has 0 spiro atoms. The Morgan fingerprint density at radius 2 is 2.16 bits per heavy atom. The zero-order chi connectivity index (χ0) is 14.3. The highest BCUT2D eigenvalue weighted by molar-refractivity contribution is 6.30. The Morgan fingerprint density at radius 1 is 1.42 bits per heavy atom. The largest absolute Gasteiger partial charge is 0.325 e. The first-order valence-corrected chi connectivity index (χ1v) is 6.78. The summed E-state index contributed by atoms with van der Waals surface area (Å²) in [5, 5.41) is 6.62. The minimum Gasteiger partial charge on any atom is -0.325 e. The first-order chi connectivity index (χ1) is 8.97. The normalized spacial score (nSPS) is 12.5. The van der Waals surface area contributed by atoms with Gasteiger partial charge in [0.15, 0.2) is 0 Å². The Kier molecular flexibility index (Phi) is 6.84. The van der Waals surface area contributed by atoms with E-state index >= 15 is 0 Å². The number of hydrogen-bond acceptors (Lipinski definition) is 3. The van der Waals surface area contributed by atoms with Crippen LogP contribution in [0.4, 0.5) is 5.69 Å². The molecule has 0 saturated carbocycles. The minimum absolute atomic E-state index is 0.0565. The van der Waals surface area contributed by atoms with E-state index in [-0.39, 0.29) is 5.91 Å². The summed E-state index contributed by atoms with van der Waals surface area (Å²) in [6, 6.07) is 7.45. The Labute approximate surface area is 120 Å². The smallest absolute Gasteiger partial charge is 0.238 e. The van der Waals surface area contributed by atoms with E-state index in [2.05, 4.69) is 22.5 Å². The second kappa shape index (κ2) is 8.15. The monoisotopic (exact) mass is 283 g/mol. The summed E-state index contributed by atoms with van der Waals surface area (Å²) in [5.74, 6) is -0.0565. The van der Waals surface area contributed by atoms with Gasteiger partial charge in [-0.05, 0) is 52.2 Å². The lowest BCUT2D eigenvalue weighted by atomic mass is 10.2. The number of rotatable bonds is 7. The zero-order valence-corrected chi connectivity index (χ0v) is 12.5. The maximum atomic E-state index is 11.7. The van der Waals surface area contributed by atoms with Crippen molar-refractivity contribution in [1.82, 2.24) is 10.2 Å². The van der Waals surface area contributed by atoms with E-state index in [1.165, 1.54) is 0 Å².